The average molecular weight is 623 g/mol. The minimum absolute atomic E-state index is 0.138. The van der Waals surface area contributed by atoms with Gasteiger partial charge in [0.15, 0.2) is 0 Å². The number of amides is 1. The summed E-state index contributed by atoms with van der Waals surface area (Å²) in [5.74, 6) is 0.249. The van der Waals surface area contributed by atoms with Gasteiger partial charge < -0.3 is 46.9 Å². The molecule has 0 bridgehead atoms. The van der Waals surface area contributed by atoms with E-state index in [0.29, 0.717) is 54.8 Å². The Morgan fingerprint density at radius 1 is 1.02 bits per heavy atom. The van der Waals surface area contributed by atoms with Crippen LogP contribution in [-0.2, 0) is 11.2 Å². The van der Waals surface area contributed by atoms with Crippen molar-refractivity contribution in [1.29, 1.82) is 5.41 Å². The zero-order chi connectivity index (χ0) is 32.4. The van der Waals surface area contributed by atoms with Gasteiger partial charge in [0.25, 0.3) is 0 Å². The number of carbonyl (C=O) groups excluding carboxylic acids is 1. The molecule has 1 amide bonds. The van der Waals surface area contributed by atoms with Crippen LogP contribution in [0, 0.1) is 11.2 Å². The van der Waals surface area contributed by atoms with Gasteiger partial charge in [-0.3, -0.25) is 4.79 Å². The number of rotatable bonds is 12. The second kappa shape index (κ2) is 19.3. The van der Waals surface area contributed by atoms with Gasteiger partial charge >= 0.3 is 0 Å². The number of benzene rings is 3. The maximum Gasteiger partial charge on any atom is 0.207 e. The monoisotopic (exact) mass is 622 g/mol. The number of phenolic OH excluding ortho intramolecular Hbond substituents is 1. The van der Waals surface area contributed by atoms with Crippen molar-refractivity contribution in [3.05, 3.63) is 71.5 Å². The van der Waals surface area contributed by atoms with E-state index in [1.54, 1.807) is 18.2 Å². The van der Waals surface area contributed by atoms with Crippen molar-refractivity contribution in [2.75, 3.05) is 63.6 Å². The summed E-state index contributed by atoms with van der Waals surface area (Å²) in [6, 6.07) is 15.5. The fourth-order valence-electron chi connectivity index (χ4n) is 5.28. The molecule has 0 aliphatic carbocycles. The van der Waals surface area contributed by atoms with E-state index >= 15 is 0 Å². The number of nitrogen functional groups attached to an aromatic ring is 1. The summed E-state index contributed by atoms with van der Waals surface area (Å²) in [4.78, 5) is 12.9. The Morgan fingerprint density at radius 3 is 2.40 bits per heavy atom. The zero-order valence-electron chi connectivity index (χ0n) is 26.0. The van der Waals surface area contributed by atoms with Crippen molar-refractivity contribution in [3.63, 3.8) is 0 Å². The lowest BCUT2D eigenvalue weighted by molar-refractivity contribution is -0.109. The Hall–Kier alpha value is -4.19. The minimum Gasteiger partial charge on any atom is -0.507 e. The number of nitrogens with two attached hydrogens (primary N) is 1. The molecule has 0 aromatic heterocycles. The maximum absolute atomic E-state index is 14.5. The van der Waals surface area contributed by atoms with Crippen molar-refractivity contribution < 1.29 is 24.1 Å². The molecule has 5 rings (SSSR count). The fourth-order valence-corrected chi connectivity index (χ4v) is 5.28. The Kier molecular flexibility index (Phi) is 15.1. The van der Waals surface area contributed by atoms with Gasteiger partial charge in [-0.1, -0.05) is 18.2 Å². The number of carbonyl (C=O) groups is 1. The highest BCUT2D eigenvalue weighted by Gasteiger charge is 2.17. The Labute approximate surface area is 265 Å². The smallest absolute Gasteiger partial charge is 0.207 e. The molecular formula is C34H47FN6O4. The van der Waals surface area contributed by atoms with Gasteiger partial charge in [0.1, 0.15) is 23.4 Å². The maximum atomic E-state index is 14.5. The lowest BCUT2D eigenvalue weighted by atomic mass is 9.97. The Morgan fingerprint density at radius 2 is 1.76 bits per heavy atom. The van der Waals surface area contributed by atoms with Crippen LogP contribution < -0.4 is 31.3 Å². The van der Waals surface area contributed by atoms with E-state index in [9.17, 15) is 14.3 Å². The third kappa shape index (κ3) is 11.4. The predicted molar refractivity (Wildman–Crippen MR) is 179 cm³/mol. The van der Waals surface area contributed by atoms with Crippen LogP contribution in [-0.4, -0.2) is 81.9 Å². The van der Waals surface area contributed by atoms with Crippen LogP contribution in [0.25, 0.3) is 11.1 Å². The molecule has 3 aromatic rings. The summed E-state index contributed by atoms with van der Waals surface area (Å²) in [5, 5.41) is 34.1. The second-order valence-electron chi connectivity index (χ2n) is 10.8. The number of aromatic hydroxyl groups is 1. The zero-order valence-corrected chi connectivity index (χ0v) is 26.0. The highest BCUT2D eigenvalue weighted by molar-refractivity contribution is 5.87. The number of nitrogens with zero attached hydrogens (tertiary/aromatic N) is 1. The van der Waals surface area contributed by atoms with Crippen molar-refractivity contribution in [3.8, 4) is 22.6 Å². The first-order valence-corrected chi connectivity index (χ1v) is 15.4. The lowest BCUT2D eigenvalue weighted by Gasteiger charge is -2.30. The van der Waals surface area contributed by atoms with E-state index in [1.165, 1.54) is 44.3 Å². The normalized spacial score (nSPS) is 14.7. The number of aryl methyl sites for hydroxylation is 1. The first-order chi connectivity index (χ1) is 22.0. The number of nitrogens with one attached hydrogen (secondary N) is 4. The molecule has 45 heavy (non-hydrogen) atoms. The highest BCUT2D eigenvalue weighted by atomic mass is 19.1. The molecule has 2 aliphatic heterocycles. The molecule has 3 aromatic carbocycles. The highest BCUT2D eigenvalue weighted by Crippen LogP contribution is 2.33. The molecule has 1 unspecified atom stereocenters. The molecule has 11 heteroatoms. The van der Waals surface area contributed by atoms with E-state index in [4.69, 9.17) is 21.0 Å². The molecule has 10 nitrogen and oxygen atoms in total. The van der Waals surface area contributed by atoms with Gasteiger partial charge in [-0.05, 0) is 74.2 Å². The minimum atomic E-state index is -0.350. The number of hydrogen-bond acceptors (Lipinski definition) is 9. The standard InChI is InChI=1S/C29H34FN5O3.C4H9N.CH4O/c30-23-15-24(35-11-9-33-10-12-35)17-26(16-23)38-25(7-8-34-19-36)5-1-20-2-6-29(37)27(13-20)21-3-4-22(18-31)28(32)14-21;1-2-4-5-3-1;1-2/h2-4,6,13-19,25,31,33,37H,1,5,7-12,32H2,(H,34,36);5H,1-4H2;2H,1H3. The number of anilines is 2. The molecule has 0 saturated carbocycles. The molecule has 0 radical (unpaired) electrons. The van der Waals surface area contributed by atoms with Crippen molar-refractivity contribution in [2.45, 2.75) is 38.2 Å². The lowest BCUT2D eigenvalue weighted by Crippen LogP contribution is -2.43. The molecule has 2 fully saturated rings. The molecule has 1 atom stereocenters. The summed E-state index contributed by atoms with van der Waals surface area (Å²) < 4.78 is 20.7. The molecular weight excluding hydrogens is 575 g/mol. The van der Waals surface area contributed by atoms with E-state index in [0.717, 1.165) is 50.1 Å². The summed E-state index contributed by atoms with van der Waals surface area (Å²) in [6.07, 6.45) is 6.20. The van der Waals surface area contributed by atoms with Crippen LogP contribution in [0.3, 0.4) is 0 Å². The number of aliphatic hydroxyl groups is 1. The summed E-state index contributed by atoms with van der Waals surface area (Å²) in [5.41, 5.74) is 10.3. The second-order valence-corrected chi connectivity index (χ2v) is 10.8. The van der Waals surface area contributed by atoms with E-state index in [2.05, 4.69) is 20.9 Å². The molecule has 2 heterocycles. The molecule has 244 valence electrons. The third-order valence-electron chi connectivity index (χ3n) is 7.66. The van der Waals surface area contributed by atoms with Crippen LogP contribution in [0.4, 0.5) is 15.8 Å². The first kappa shape index (κ1) is 35.3. The van der Waals surface area contributed by atoms with E-state index in [-0.39, 0.29) is 17.7 Å². The van der Waals surface area contributed by atoms with Crippen molar-refractivity contribution in [2.24, 2.45) is 0 Å². The number of aliphatic hydroxyl groups excluding tert-OH is 1. The Bertz CT molecular complexity index is 1340. The number of ether oxygens (including phenoxy) is 1. The molecule has 2 aliphatic rings. The van der Waals surface area contributed by atoms with Crippen LogP contribution in [0.1, 0.15) is 36.8 Å². The molecule has 0 spiro atoms. The van der Waals surface area contributed by atoms with E-state index in [1.807, 2.05) is 24.3 Å². The van der Waals surface area contributed by atoms with Gasteiger partial charge in [-0.15, -0.1) is 0 Å². The van der Waals surface area contributed by atoms with Gasteiger partial charge in [-0.2, -0.15) is 0 Å². The van der Waals surface area contributed by atoms with Gasteiger partial charge in [0.2, 0.25) is 6.41 Å². The largest absolute Gasteiger partial charge is 0.507 e. The summed E-state index contributed by atoms with van der Waals surface area (Å²) in [7, 11) is 1.00. The average Bonchev–Trinajstić information content (AvgIpc) is 3.66. The number of piperazine rings is 1. The van der Waals surface area contributed by atoms with Crippen LogP contribution >= 0.6 is 0 Å². The number of hydrogen-bond donors (Lipinski definition) is 7. The summed E-state index contributed by atoms with van der Waals surface area (Å²) in [6.45, 7) is 6.23. The fraction of sp³-hybridized carbons (Fsp3) is 0.412. The van der Waals surface area contributed by atoms with E-state index < -0.39 is 0 Å². The molecule has 2 saturated heterocycles. The van der Waals surface area contributed by atoms with Crippen molar-refractivity contribution >= 4 is 24.0 Å². The number of halogens is 1. The van der Waals surface area contributed by atoms with Crippen LogP contribution in [0.2, 0.25) is 0 Å². The summed E-state index contributed by atoms with van der Waals surface area (Å²) >= 11 is 0. The van der Waals surface area contributed by atoms with Gasteiger partial charge in [0, 0.05) is 87.1 Å². The van der Waals surface area contributed by atoms with Crippen LogP contribution in [0.5, 0.6) is 11.5 Å². The van der Waals surface area contributed by atoms with Gasteiger partial charge in [0.05, 0.1) is 0 Å². The number of phenols is 1. The predicted octanol–water partition coefficient (Wildman–Crippen LogP) is 3.68. The van der Waals surface area contributed by atoms with Crippen molar-refractivity contribution in [1.82, 2.24) is 16.0 Å². The SMILES string of the molecule is C1CCNC1.CO.N=Cc1ccc(-c2cc(CCC(CCNC=O)Oc3cc(F)cc(N4CCNCC4)c3)ccc2O)cc1N. The van der Waals surface area contributed by atoms with Crippen LogP contribution in [0.15, 0.2) is 54.6 Å². The molecule has 8 N–H and O–H groups in total. The first-order valence-electron chi connectivity index (χ1n) is 15.4. The van der Waals surface area contributed by atoms with Gasteiger partial charge in [-0.25, -0.2) is 4.39 Å². The quantitative estimate of drug-likeness (QED) is 0.0698. The third-order valence-corrected chi connectivity index (χ3v) is 7.66. The Balaban J connectivity index is 0.000000706. The topological polar surface area (TPSA) is 156 Å².